The molecule has 2 rings (SSSR count). The predicted octanol–water partition coefficient (Wildman–Crippen LogP) is 5.21. The summed E-state index contributed by atoms with van der Waals surface area (Å²) in [6, 6.07) is 6.70. The molecule has 0 saturated heterocycles. The molecule has 0 N–H and O–H groups in total. The van der Waals surface area contributed by atoms with Crippen molar-refractivity contribution in [3.63, 3.8) is 0 Å². The first-order chi connectivity index (χ1) is 11.1. The Labute approximate surface area is 131 Å². The number of hydrogen-bond acceptors (Lipinski definition) is 3. The van der Waals surface area contributed by atoms with Gasteiger partial charge in [0.1, 0.15) is 5.75 Å². The van der Waals surface area contributed by atoms with E-state index in [1.807, 2.05) is 0 Å². The molecule has 0 aliphatic carbocycles. The highest BCUT2D eigenvalue weighted by Gasteiger charge is 2.33. The highest BCUT2D eigenvalue weighted by atomic mass is 19.4. The molecular formula is C15H8F6O3. The van der Waals surface area contributed by atoms with Crippen LogP contribution in [0.25, 0.3) is 0 Å². The first kappa shape index (κ1) is 17.6. The maximum atomic E-state index is 12.6. The van der Waals surface area contributed by atoms with Gasteiger partial charge in [0.25, 0.3) is 0 Å². The van der Waals surface area contributed by atoms with E-state index >= 15 is 0 Å². The number of aldehydes is 1. The summed E-state index contributed by atoms with van der Waals surface area (Å²) in [7, 11) is 0. The summed E-state index contributed by atoms with van der Waals surface area (Å²) in [6.45, 7) is 0. The molecule has 0 saturated carbocycles. The first-order valence-electron chi connectivity index (χ1n) is 6.29. The average Bonchev–Trinajstić information content (AvgIpc) is 2.47. The van der Waals surface area contributed by atoms with Crippen LogP contribution in [0.5, 0.6) is 17.2 Å². The minimum Gasteiger partial charge on any atom is -0.453 e. The minimum absolute atomic E-state index is 0.109. The van der Waals surface area contributed by atoms with Crippen molar-refractivity contribution in [2.75, 3.05) is 0 Å². The fraction of sp³-hybridized carbons (Fsp3) is 0.133. The number of alkyl halides is 6. The molecule has 24 heavy (non-hydrogen) atoms. The zero-order valence-corrected chi connectivity index (χ0v) is 11.6. The van der Waals surface area contributed by atoms with Gasteiger partial charge in [-0.05, 0) is 30.3 Å². The van der Waals surface area contributed by atoms with Crippen LogP contribution in [0.2, 0.25) is 0 Å². The molecule has 0 aliphatic heterocycles. The summed E-state index contributed by atoms with van der Waals surface area (Å²) in [6.07, 6.45) is -9.54. The van der Waals surface area contributed by atoms with Gasteiger partial charge in [-0.1, -0.05) is 12.1 Å². The SMILES string of the molecule is O=Cc1cc(C(F)(F)F)ccc1Oc1ccccc1OC(F)(F)F. The smallest absolute Gasteiger partial charge is 0.453 e. The lowest BCUT2D eigenvalue weighted by atomic mass is 10.1. The Morgan fingerprint density at radius 3 is 2.00 bits per heavy atom. The van der Waals surface area contributed by atoms with E-state index in [-0.39, 0.29) is 12.0 Å². The summed E-state index contributed by atoms with van der Waals surface area (Å²) in [5.41, 5.74) is -1.55. The fourth-order valence-corrected chi connectivity index (χ4v) is 1.77. The topological polar surface area (TPSA) is 35.5 Å². The van der Waals surface area contributed by atoms with Crippen LogP contribution in [0, 0.1) is 0 Å². The zero-order chi connectivity index (χ0) is 18.0. The monoisotopic (exact) mass is 350 g/mol. The van der Waals surface area contributed by atoms with E-state index < -0.39 is 35.2 Å². The van der Waals surface area contributed by atoms with Gasteiger partial charge in [0.2, 0.25) is 0 Å². The lowest BCUT2D eigenvalue weighted by molar-refractivity contribution is -0.275. The fourth-order valence-electron chi connectivity index (χ4n) is 1.77. The van der Waals surface area contributed by atoms with E-state index in [0.29, 0.717) is 12.1 Å². The van der Waals surface area contributed by atoms with Crippen molar-refractivity contribution >= 4 is 6.29 Å². The molecule has 9 heteroatoms. The molecule has 0 heterocycles. The summed E-state index contributed by atoms with van der Waals surface area (Å²) >= 11 is 0. The molecule has 0 aliphatic rings. The van der Waals surface area contributed by atoms with Crippen molar-refractivity contribution in [2.45, 2.75) is 12.5 Å². The molecule has 0 bridgehead atoms. The highest BCUT2D eigenvalue weighted by Crippen LogP contribution is 2.37. The normalized spacial score (nSPS) is 11.9. The van der Waals surface area contributed by atoms with Gasteiger partial charge in [0, 0.05) is 0 Å². The van der Waals surface area contributed by atoms with Gasteiger partial charge in [-0.25, -0.2) is 0 Å². The lowest BCUT2D eigenvalue weighted by Crippen LogP contribution is -2.17. The largest absolute Gasteiger partial charge is 0.573 e. The molecule has 0 unspecified atom stereocenters. The van der Waals surface area contributed by atoms with Crippen LogP contribution in [0.3, 0.4) is 0 Å². The van der Waals surface area contributed by atoms with E-state index in [4.69, 9.17) is 4.74 Å². The van der Waals surface area contributed by atoms with Gasteiger partial charge in [0.05, 0.1) is 11.1 Å². The third-order valence-electron chi connectivity index (χ3n) is 2.76. The Morgan fingerprint density at radius 1 is 0.833 bits per heavy atom. The number of carbonyl (C=O) groups is 1. The molecule has 0 aromatic heterocycles. The van der Waals surface area contributed by atoms with Crippen LogP contribution in [-0.2, 0) is 6.18 Å². The first-order valence-corrected chi connectivity index (χ1v) is 6.29. The summed E-state index contributed by atoms with van der Waals surface area (Å²) in [5.74, 6) is -1.43. The van der Waals surface area contributed by atoms with Gasteiger partial charge >= 0.3 is 12.5 Å². The van der Waals surface area contributed by atoms with Crippen molar-refractivity contribution in [3.8, 4) is 17.2 Å². The molecule has 0 amide bonds. The Hall–Kier alpha value is -2.71. The maximum absolute atomic E-state index is 12.6. The van der Waals surface area contributed by atoms with Crippen molar-refractivity contribution in [3.05, 3.63) is 53.6 Å². The number of benzene rings is 2. The molecule has 0 fully saturated rings. The highest BCUT2D eigenvalue weighted by molar-refractivity contribution is 5.80. The molecular weight excluding hydrogens is 342 g/mol. The second kappa shape index (κ2) is 6.42. The third kappa shape index (κ3) is 4.40. The number of para-hydroxylation sites is 2. The Balaban J connectivity index is 2.37. The second-order valence-corrected chi connectivity index (χ2v) is 4.46. The van der Waals surface area contributed by atoms with Gasteiger partial charge < -0.3 is 9.47 Å². The van der Waals surface area contributed by atoms with E-state index in [2.05, 4.69) is 4.74 Å². The second-order valence-electron chi connectivity index (χ2n) is 4.46. The van der Waals surface area contributed by atoms with Crippen molar-refractivity contribution in [1.82, 2.24) is 0 Å². The third-order valence-corrected chi connectivity index (χ3v) is 2.76. The number of ether oxygens (including phenoxy) is 2. The van der Waals surface area contributed by atoms with Crippen molar-refractivity contribution in [1.29, 1.82) is 0 Å². The van der Waals surface area contributed by atoms with Gasteiger partial charge in [0.15, 0.2) is 17.8 Å². The quantitative estimate of drug-likeness (QED) is 0.561. The Kier molecular flexibility index (Phi) is 4.72. The summed E-state index contributed by atoms with van der Waals surface area (Å²) in [5, 5.41) is 0. The molecule has 0 spiro atoms. The number of carbonyl (C=O) groups excluding carboxylic acids is 1. The number of rotatable bonds is 4. The Morgan fingerprint density at radius 2 is 1.46 bits per heavy atom. The molecule has 2 aromatic rings. The average molecular weight is 350 g/mol. The zero-order valence-electron chi connectivity index (χ0n) is 11.6. The van der Waals surface area contributed by atoms with E-state index in [1.54, 1.807) is 0 Å². The molecule has 3 nitrogen and oxygen atoms in total. The maximum Gasteiger partial charge on any atom is 0.573 e. The van der Waals surface area contributed by atoms with E-state index in [9.17, 15) is 31.1 Å². The lowest BCUT2D eigenvalue weighted by Gasteiger charge is -2.15. The Bertz CT molecular complexity index is 737. The molecule has 128 valence electrons. The summed E-state index contributed by atoms with van der Waals surface area (Å²) < 4.78 is 83.7. The summed E-state index contributed by atoms with van der Waals surface area (Å²) in [4.78, 5) is 11.0. The van der Waals surface area contributed by atoms with E-state index in [1.165, 1.54) is 12.1 Å². The van der Waals surface area contributed by atoms with Crippen molar-refractivity contribution < 1.29 is 40.6 Å². The minimum atomic E-state index is -4.98. The van der Waals surface area contributed by atoms with Crippen LogP contribution < -0.4 is 9.47 Å². The van der Waals surface area contributed by atoms with Gasteiger partial charge in [-0.2, -0.15) is 13.2 Å². The standard InChI is InChI=1S/C15H8F6O3/c16-14(17,18)10-5-6-11(9(7-10)8-22)23-12-3-1-2-4-13(12)24-15(19,20)21/h1-8H. The van der Waals surface area contributed by atoms with Crippen molar-refractivity contribution in [2.24, 2.45) is 0 Å². The van der Waals surface area contributed by atoms with Crippen LogP contribution in [0.1, 0.15) is 15.9 Å². The molecule has 2 aromatic carbocycles. The van der Waals surface area contributed by atoms with Crippen LogP contribution in [0.4, 0.5) is 26.3 Å². The van der Waals surface area contributed by atoms with Gasteiger partial charge in [-0.15, -0.1) is 13.2 Å². The van der Waals surface area contributed by atoms with Crippen LogP contribution in [-0.4, -0.2) is 12.6 Å². The number of halogens is 6. The predicted molar refractivity (Wildman–Crippen MR) is 70.0 cm³/mol. The molecule has 0 atom stereocenters. The van der Waals surface area contributed by atoms with Crippen LogP contribution >= 0.6 is 0 Å². The molecule has 0 radical (unpaired) electrons. The van der Waals surface area contributed by atoms with Gasteiger partial charge in [-0.3, -0.25) is 4.79 Å². The number of hydrogen-bond donors (Lipinski definition) is 0. The van der Waals surface area contributed by atoms with Crippen LogP contribution in [0.15, 0.2) is 42.5 Å². The van der Waals surface area contributed by atoms with E-state index in [0.717, 1.165) is 18.2 Å².